The number of amides is 1. The molecule has 0 unspecified atom stereocenters. The highest BCUT2D eigenvalue weighted by molar-refractivity contribution is 5.83. The molecule has 0 aromatic heterocycles. The van der Waals surface area contributed by atoms with Crippen LogP contribution in [-0.2, 0) is 9.59 Å². The van der Waals surface area contributed by atoms with Crippen LogP contribution in [0, 0.1) is 0 Å². The lowest BCUT2D eigenvalue weighted by Crippen LogP contribution is -2.40. The molecule has 5 heteroatoms. The first kappa shape index (κ1) is 17.9. The van der Waals surface area contributed by atoms with Gasteiger partial charge in [0.05, 0.1) is 0 Å². The molecule has 112 valence electrons. The lowest BCUT2D eigenvalue weighted by molar-refractivity contribution is -0.142. The Morgan fingerprint density at radius 1 is 1.11 bits per heavy atom. The van der Waals surface area contributed by atoms with E-state index in [0.29, 0.717) is 19.4 Å². The van der Waals surface area contributed by atoms with Crippen molar-refractivity contribution in [3.63, 3.8) is 0 Å². The number of carboxylic acids is 1. The van der Waals surface area contributed by atoms with Crippen molar-refractivity contribution >= 4 is 11.9 Å². The normalized spacial score (nSPS) is 12.1. The Morgan fingerprint density at radius 2 is 1.79 bits per heavy atom. The molecule has 0 aliphatic rings. The Balaban J connectivity index is 3.80. The average molecular weight is 272 g/mol. The van der Waals surface area contributed by atoms with Crippen molar-refractivity contribution < 1.29 is 14.7 Å². The number of hydrogen-bond donors (Lipinski definition) is 3. The molecule has 0 bridgehead atoms. The molecule has 0 spiro atoms. The summed E-state index contributed by atoms with van der Waals surface area (Å²) in [5.74, 6) is -1.12. The van der Waals surface area contributed by atoms with Crippen LogP contribution in [-0.4, -0.2) is 29.6 Å². The molecule has 1 atom stereocenters. The van der Waals surface area contributed by atoms with Gasteiger partial charge in [0, 0.05) is 6.42 Å². The van der Waals surface area contributed by atoms with Gasteiger partial charge < -0.3 is 16.2 Å². The van der Waals surface area contributed by atoms with Crippen molar-refractivity contribution in [1.82, 2.24) is 5.32 Å². The molecule has 5 nitrogen and oxygen atoms in total. The van der Waals surface area contributed by atoms with Crippen LogP contribution in [0.1, 0.15) is 64.7 Å². The fraction of sp³-hybridized carbons (Fsp3) is 0.857. The van der Waals surface area contributed by atoms with Crippen LogP contribution in [0.25, 0.3) is 0 Å². The van der Waals surface area contributed by atoms with Crippen molar-refractivity contribution in [2.75, 3.05) is 6.54 Å². The maximum absolute atomic E-state index is 11.6. The predicted molar refractivity (Wildman–Crippen MR) is 75.8 cm³/mol. The molecule has 0 aromatic rings. The quantitative estimate of drug-likeness (QED) is 0.474. The van der Waals surface area contributed by atoms with Crippen molar-refractivity contribution in [3.8, 4) is 0 Å². The first-order valence-electron chi connectivity index (χ1n) is 7.34. The number of carbonyl (C=O) groups excluding carboxylic acids is 1. The minimum atomic E-state index is -0.962. The average Bonchev–Trinajstić information content (AvgIpc) is 2.37. The molecule has 1 amide bonds. The summed E-state index contributed by atoms with van der Waals surface area (Å²) in [7, 11) is 0. The Bertz CT molecular complexity index is 257. The summed E-state index contributed by atoms with van der Waals surface area (Å²) in [6, 6.07) is -0.769. The van der Waals surface area contributed by atoms with E-state index < -0.39 is 12.0 Å². The van der Waals surface area contributed by atoms with Gasteiger partial charge in [-0.25, -0.2) is 4.79 Å². The zero-order chi connectivity index (χ0) is 14.5. The molecule has 0 radical (unpaired) electrons. The van der Waals surface area contributed by atoms with Gasteiger partial charge in [-0.05, 0) is 32.2 Å². The van der Waals surface area contributed by atoms with E-state index >= 15 is 0 Å². The Hall–Kier alpha value is -1.10. The molecule has 4 N–H and O–H groups in total. The molecule has 0 fully saturated rings. The number of carbonyl (C=O) groups is 2. The summed E-state index contributed by atoms with van der Waals surface area (Å²) < 4.78 is 0. The fourth-order valence-corrected chi connectivity index (χ4v) is 1.91. The molecule has 0 aromatic carbocycles. The summed E-state index contributed by atoms with van der Waals surface area (Å²) in [6.45, 7) is 2.70. The third-order valence-electron chi connectivity index (χ3n) is 3.09. The minimum Gasteiger partial charge on any atom is -0.480 e. The number of nitrogens with two attached hydrogens (primary N) is 1. The molecule has 0 aliphatic heterocycles. The van der Waals surface area contributed by atoms with Crippen LogP contribution in [0.2, 0.25) is 0 Å². The van der Waals surface area contributed by atoms with Gasteiger partial charge in [0.1, 0.15) is 6.04 Å². The highest BCUT2D eigenvalue weighted by Crippen LogP contribution is 2.06. The van der Waals surface area contributed by atoms with Crippen LogP contribution in [0.4, 0.5) is 0 Å². The van der Waals surface area contributed by atoms with Gasteiger partial charge in [0.15, 0.2) is 0 Å². The summed E-state index contributed by atoms with van der Waals surface area (Å²) in [4.78, 5) is 22.6. The Morgan fingerprint density at radius 3 is 2.37 bits per heavy atom. The van der Waals surface area contributed by atoms with Crippen molar-refractivity contribution in [2.45, 2.75) is 70.8 Å². The number of rotatable bonds is 12. The molecule has 0 saturated heterocycles. The number of unbranched alkanes of at least 4 members (excludes halogenated alkanes) is 5. The third kappa shape index (κ3) is 10.5. The Labute approximate surface area is 115 Å². The highest BCUT2D eigenvalue weighted by atomic mass is 16.4. The van der Waals surface area contributed by atoms with Crippen LogP contribution < -0.4 is 11.1 Å². The number of carboxylic acid groups (broad SMARTS) is 1. The fourth-order valence-electron chi connectivity index (χ4n) is 1.91. The summed E-state index contributed by atoms with van der Waals surface area (Å²) in [5.41, 5.74) is 5.36. The van der Waals surface area contributed by atoms with Gasteiger partial charge in [-0.2, -0.15) is 0 Å². The first-order chi connectivity index (χ1) is 9.11. The third-order valence-corrected chi connectivity index (χ3v) is 3.09. The summed E-state index contributed by atoms with van der Waals surface area (Å²) >= 11 is 0. The van der Waals surface area contributed by atoms with Gasteiger partial charge >= 0.3 is 5.97 Å². The van der Waals surface area contributed by atoms with Gasteiger partial charge in [0.25, 0.3) is 0 Å². The maximum atomic E-state index is 11.6. The molecular weight excluding hydrogens is 244 g/mol. The zero-order valence-corrected chi connectivity index (χ0v) is 12.0. The van der Waals surface area contributed by atoms with E-state index in [-0.39, 0.29) is 5.91 Å². The number of nitrogens with one attached hydrogen (secondary N) is 1. The molecule has 0 saturated carbocycles. The maximum Gasteiger partial charge on any atom is 0.326 e. The standard InChI is InChI=1S/C14H28N2O3/c1-2-3-4-5-6-10-13(17)16-12(14(18)19)9-7-8-11-15/h12H,2-11,15H2,1H3,(H,16,17)(H,18,19)/t12-/m0/s1. The Kier molecular flexibility index (Phi) is 11.3. The second-order valence-electron chi connectivity index (χ2n) is 4.91. The van der Waals surface area contributed by atoms with E-state index in [2.05, 4.69) is 12.2 Å². The second kappa shape index (κ2) is 12.0. The largest absolute Gasteiger partial charge is 0.480 e. The van der Waals surface area contributed by atoms with Crippen LogP contribution in [0.15, 0.2) is 0 Å². The van der Waals surface area contributed by atoms with E-state index in [4.69, 9.17) is 10.8 Å². The molecule has 19 heavy (non-hydrogen) atoms. The number of hydrogen-bond acceptors (Lipinski definition) is 3. The van der Waals surface area contributed by atoms with Crippen molar-refractivity contribution in [3.05, 3.63) is 0 Å². The molecule has 0 aliphatic carbocycles. The molecule has 0 rings (SSSR count). The SMILES string of the molecule is CCCCCCCC(=O)N[C@@H](CCCCN)C(=O)O. The lowest BCUT2D eigenvalue weighted by Gasteiger charge is -2.14. The first-order valence-corrected chi connectivity index (χ1v) is 7.34. The van der Waals surface area contributed by atoms with Gasteiger partial charge in [-0.1, -0.05) is 32.6 Å². The van der Waals surface area contributed by atoms with E-state index in [0.717, 1.165) is 32.1 Å². The van der Waals surface area contributed by atoms with E-state index in [1.54, 1.807) is 0 Å². The molecule has 0 heterocycles. The second-order valence-corrected chi connectivity index (χ2v) is 4.91. The van der Waals surface area contributed by atoms with E-state index in [9.17, 15) is 9.59 Å². The van der Waals surface area contributed by atoms with E-state index in [1.165, 1.54) is 12.8 Å². The van der Waals surface area contributed by atoms with Crippen LogP contribution in [0.5, 0.6) is 0 Å². The van der Waals surface area contributed by atoms with Crippen molar-refractivity contribution in [1.29, 1.82) is 0 Å². The van der Waals surface area contributed by atoms with Crippen molar-refractivity contribution in [2.24, 2.45) is 5.73 Å². The topological polar surface area (TPSA) is 92.4 Å². The van der Waals surface area contributed by atoms with Gasteiger partial charge in [-0.3, -0.25) is 4.79 Å². The van der Waals surface area contributed by atoms with E-state index in [1.807, 2.05) is 0 Å². The minimum absolute atomic E-state index is 0.156. The smallest absolute Gasteiger partial charge is 0.326 e. The predicted octanol–water partition coefficient (Wildman–Crippen LogP) is 2.05. The summed E-state index contributed by atoms with van der Waals surface area (Å²) in [6.07, 6.45) is 7.77. The summed E-state index contributed by atoms with van der Waals surface area (Å²) in [5, 5.41) is 11.6. The van der Waals surface area contributed by atoms with Crippen LogP contribution >= 0.6 is 0 Å². The van der Waals surface area contributed by atoms with Crippen LogP contribution in [0.3, 0.4) is 0 Å². The monoisotopic (exact) mass is 272 g/mol. The highest BCUT2D eigenvalue weighted by Gasteiger charge is 2.18. The molecular formula is C14H28N2O3. The van der Waals surface area contributed by atoms with Gasteiger partial charge in [0.2, 0.25) is 5.91 Å². The van der Waals surface area contributed by atoms with Gasteiger partial charge in [-0.15, -0.1) is 0 Å². The zero-order valence-electron chi connectivity index (χ0n) is 12.0. The lowest BCUT2D eigenvalue weighted by atomic mass is 10.1. The number of aliphatic carboxylic acids is 1.